The van der Waals surface area contributed by atoms with E-state index in [1.54, 1.807) is 14.2 Å². The first kappa shape index (κ1) is 15.1. The summed E-state index contributed by atoms with van der Waals surface area (Å²) in [5.41, 5.74) is 1.12. The summed E-state index contributed by atoms with van der Waals surface area (Å²) in [7, 11) is 3.33. The number of nitrogens with one attached hydrogen (secondary N) is 1. The van der Waals surface area contributed by atoms with Crippen LogP contribution in [0.1, 0.15) is 24.8 Å². The number of hydrogen-bond donors (Lipinski definition) is 1. The molecule has 0 amide bonds. The van der Waals surface area contributed by atoms with Crippen LogP contribution in [0, 0.1) is 5.92 Å². The summed E-state index contributed by atoms with van der Waals surface area (Å²) in [6.07, 6.45) is 3.75. The molecule has 0 bridgehead atoms. The quantitative estimate of drug-likeness (QED) is 0.668. The molecule has 1 N–H and O–H groups in total. The third-order valence-electron chi connectivity index (χ3n) is 3.49. The van der Waals surface area contributed by atoms with Gasteiger partial charge in [0, 0.05) is 25.3 Å². The lowest BCUT2D eigenvalue weighted by molar-refractivity contribution is 0.122. The van der Waals surface area contributed by atoms with Gasteiger partial charge in [0.25, 0.3) is 0 Å². The standard InChI is InChI=1S/C16H25NO3/c1-18-15-6-3-5-14(16(15)19-2)11-17-9-4-10-20-12-13-7-8-13/h3,5-6,13,17H,4,7-12H2,1-2H3. The molecule has 112 valence electrons. The van der Waals surface area contributed by atoms with Crippen molar-refractivity contribution in [2.75, 3.05) is 34.0 Å². The lowest BCUT2D eigenvalue weighted by Gasteiger charge is -2.13. The van der Waals surface area contributed by atoms with Gasteiger partial charge in [0.2, 0.25) is 0 Å². The number of methoxy groups -OCH3 is 2. The van der Waals surface area contributed by atoms with Crippen molar-refractivity contribution in [1.82, 2.24) is 5.32 Å². The maximum Gasteiger partial charge on any atom is 0.165 e. The zero-order valence-corrected chi connectivity index (χ0v) is 12.5. The lowest BCUT2D eigenvalue weighted by Crippen LogP contribution is -2.17. The molecule has 0 radical (unpaired) electrons. The van der Waals surface area contributed by atoms with E-state index in [9.17, 15) is 0 Å². The van der Waals surface area contributed by atoms with Gasteiger partial charge in [0.1, 0.15) is 0 Å². The molecule has 4 nitrogen and oxygen atoms in total. The molecule has 1 saturated carbocycles. The van der Waals surface area contributed by atoms with Crippen molar-refractivity contribution in [2.45, 2.75) is 25.8 Å². The van der Waals surface area contributed by atoms with E-state index < -0.39 is 0 Å². The first-order valence-electron chi connectivity index (χ1n) is 7.33. The second kappa shape index (κ2) is 8.12. The molecule has 0 aliphatic heterocycles. The fourth-order valence-corrected chi connectivity index (χ4v) is 2.15. The Balaban J connectivity index is 1.65. The van der Waals surface area contributed by atoms with Crippen LogP contribution in [-0.2, 0) is 11.3 Å². The van der Waals surface area contributed by atoms with Crippen molar-refractivity contribution in [2.24, 2.45) is 5.92 Å². The van der Waals surface area contributed by atoms with Gasteiger partial charge in [-0.3, -0.25) is 0 Å². The zero-order valence-electron chi connectivity index (χ0n) is 12.5. The molecule has 1 aliphatic rings. The van der Waals surface area contributed by atoms with Crippen molar-refractivity contribution >= 4 is 0 Å². The van der Waals surface area contributed by atoms with E-state index in [-0.39, 0.29) is 0 Å². The van der Waals surface area contributed by atoms with Gasteiger partial charge in [-0.2, -0.15) is 0 Å². The van der Waals surface area contributed by atoms with Gasteiger partial charge in [-0.15, -0.1) is 0 Å². The average molecular weight is 279 g/mol. The molecule has 20 heavy (non-hydrogen) atoms. The van der Waals surface area contributed by atoms with Crippen LogP contribution in [-0.4, -0.2) is 34.0 Å². The van der Waals surface area contributed by atoms with Gasteiger partial charge < -0.3 is 19.5 Å². The molecule has 0 aromatic heterocycles. The van der Waals surface area contributed by atoms with E-state index in [2.05, 4.69) is 11.4 Å². The fourth-order valence-electron chi connectivity index (χ4n) is 2.15. The molecule has 0 heterocycles. The summed E-state index contributed by atoms with van der Waals surface area (Å²) in [6.45, 7) is 3.52. The monoisotopic (exact) mass is 279 g/mol. The topological polar surface area (TPSA) is 39.7 Å². The Morgan fingerprint density at radius 2 is 2.05 bits per heavy atom. The van der Waals surface area contributed by atoms with Crippen molar-refractivity contribution in [1.29, 1.82) is 0 Å². The Morgan fingerprint density at radius 3 is 2.75 bits per heavy atom. The molecular formula is C16H25NO3. The SMILES string of the molecule is COc1cccc(CNCCCOCC2CC2)c1OC. The molecule has 0 atom stereocenters. The van der Waals surface area contributed by atoms with Crippen LogP contribution in [0.15, 0.2) is 18.2 Å². The highest BCUT2D eigenvalue weighted by Gasteiger charge is 2.20. The summed E-state index contributed by atoms with van der Waals surface area (Å²) in [6, 6.07) is 5.95. The number of para-hydroxylation sites is 1. The number of ether oxygens (including phenoxy) is 3. The zero-order chi connectivity index (χ0) is 14.2. The van der Waals surface area contributed by atoms with Gasteiger partial charge in [-0.25, -0.2) is 0 Å². The molecule has 0 unspecified atom stereocenters. The highest BCUT2D eigenvalue weighted by atomic mass is 16.5. The lowest BCUT2D eigenvalue weighted by atomic mass is 10.2. The van der Waals surface area contributed by atoms with E-state index in [1.807, 2.05) is 12.1 Å². The minimum atomic E-state index is 0.777. The van der Waals surface area contributed by atoms with Crippen LogP contribution < -0.4 is 14.8 Å². The third kappa shape index (κ3) is 4.69. The Morgan fingerprint density at radius 1 is 1.20 bits per heavy atom. The molecule has 4 heteroatoms. The Hall–Kier alpha value is -1.26. The van der Waals surface area contributed by atoms with Crippen molar-refractivity contribution < 1.29 is 14.2 Å². The van der Waals surface area contributed by atoms with E-state index in [4.69, 9.17) is 14.2 Å². The van der Waals surface area contributed by atoms with Crippen molar-refractivity contribution in [3.8, 4) is 11.5 Å². The van der Waals surface area contributed by atoms with Crippen molar-refractivity contribution in [3.05, 3.63) is 23.8 Å². The van der Waals surface area contributed by atoms with Crippen molar-refractivity contribution in [3.63, 3.8) is 0 Å². The maximum absolute atomic E-state index is 5.61. The van der Waals surface area contributed by atoms with Gasteiger partial charge in [-0.1, -0.05) is 12.1 Å². The molecule has 2 rings (SSSR count). The van der Waals surface area contributed by atoms with Gasteiger partial charge >= 0.3 is 0 Å². The minimum absolute atomic E-state index is 0.777. The summed E-state index contributed by atoms with van der Waals surface area (Å²) >= 11 is 0. The molecule has 1 aromatic carbocycles. The Bertz CT molecular complexity index is 405. The van der Waals surface area contributed by atoms with E-state index >= 15 is 0 Å². The Labute approximate surface area is 121 Å². The Kier molecular flexibility index (Phi) is 6.15. The summed E-state index contributed by atoms with van der Waals surface area (Å²) < 4.78 is 16.3. The second-order valence-electron chi connectivity index (χ2n) is 5.20. The minimum Gasteiger partial charge on any atom is -0.493 e. The number of rotatable bonds is 10. The predicted molar refractivity (Wildman–Crippen MR) is 79.4 cm³/mol. The highest BCUT2D eigenvalue weighted by Crippen LogP contribution is 2.30. The largest absolute Gasteiger partial charge is 0.493 e. The van der Waals surface area contributed by atoms with Crippen LogP contribution in [0.3, 0.4) is 0 Å². The average Bonchev–Trinajstić information content (AvgIpc) is 3.30. The number of hydrogen-bond acceptors (Lipinski definition) is 4. The molecule has 1 aromatic rings. The summed E-state index contributed by atoms with van der Waals surface area (Å²) in [5, 5.41) is 3.42. The van der Waals surface area contributed by atoms with Gasteiger partial charge in [-0.05, 0) is 37.8 Å². The predicted octanol–water partition coefficient (Wildman–Crippen LogP) is 2.61. The second-order valence-corrected chi connectivity index (χ2v) is 5.20. The van der Waals surface area contributed by atoms with Crippen LogP contribution in [0.5, 0.6) is 11.5 Å². The maximum atomic E-state index is 5.61. The van der Waals surface area contributed by atoms with Gasteiger partial charge in [0.15, 0.2) is 11.5 Å². The fraction of sp³-hybridized carbons (Fsp3) is 0.625. The summed E-state index contributed by atoms with van der Waals surface area (Å²) in [4.78, 5) is 0. The highest BCUT2D eigenvalue weighted by molar-refractivity contribution is 5.46. The smallest absolute Gasteiger partial charge is 0.165 e. The first-order chi connectivity index (χ1) is 9.85. The molecule has 0 spiro atoms. The van der Waals surface area contributed by atoms with E-state index in [0.29, 0.717) is 0 Å². The van der Waals surface area contributed by atoms with Crippen LogP contribution >= 0.6 is 0 Å². The van der Waals surface area contributed by atoms with Crippen LogP contribution in [0.25, 0.3) is 0 Å². The van der Waals surface area contributed by atoms with Crippen LogP contribution in [0.2, 0.25) is 0 Å². The molecular weight excluding hydrogens is 254 g/mol. The summed E-state index contributed by atoms with van der Waals surface area (Å²) in [5.74, 6) is 2.44. The normalized spacial score (nSPS) is 14.3. The van der Waals surface area contributed by atoms with Crippen LogP contribution in [0.4, 0.5) is 0 Å². The molecule has 0 saturated heterocycles. The third-order valence-corrected chi connectivity index (χ3v) is 3.49. The molecule has 1 fully saturated rings. The number of benzene rings is 1. The van der Waals surface area contributed by atoms with Gasteiger partial charge in [0.05, 0.1) is 14.2 Å². The van der Waals surface area contributed by atoms with E-state index in [0.717, 1.165) is 55.7 Å². The molecule has 1 aliphatic carbocycles. The van der Waals surface area contributed by atoms with E-state index in [1.165, 1.54) is 12.8 Å². The first-order valence-corrected chi connectivity index (χ1v) is 7.33.